The van der Waals surface area contributed by atoms with Crippen LogP contribution in [-0.2, 0) is 0 Å². The highest BCUT2D eigenvalue weighted by atomic mass is 32.1. The summed E-state index contributed by atoms with van der Waals surface area (Å²) in [5, 5.41) is 0. The van der Waals surface area contributed by atoms with E-state index in [1.807, 2.05) is 47.4 Å². The first-order chi connectivity index (χ1) is 7.75. The van der Waals surface area contributed by atoms with Gasteiger partial charge in [0.1, 0.15) is 0 Å². The van der Waals surface area contributed by atoms with Crippen LogP contribution in [0.25, 0.3) is 0 Å². The SMILES string of the molecule is Cc1ccc(C(=S)N[n+]2ccccc2)cc1. The van der Waals surface area contributed by atoms with Crippen molar-refractivity contribution in [2.24, 2.45) is 0 Å². The number of thiocarbonyl (C=S) groups is 1. The van der Waals surface area contributed by atoms with E-state index in [2.05, 4.69) is 24.5 Å². The van der Waals surface area contributed by atoms with E-state index >= 15 is 0 Å². The zero-order valence-electron chi connectivity index (χ0n) is 9.05. The molecule has 0 saturated heterocycles. The molecule has 80 valence electrons. The van der Waals surface area contributed by atoms with E-state index in [0.717, 1.165) is 10.6 Å². The molecule has 0 saturated carbocycles. The van der Waals surface area contributed by atoms with Crippen molar-refractivity contribution in [2.45, 2.75) is 6.92 Å². The summed E-state index contributed by atoms with van der Waals surface area (Å²) < 4.78 is 1.84. The van der Waals surface area contributed by atoms with Gasteiger partial charge >= 0.3 is 0 Å². The van der Waals surface area contributed by atoms with Gasteiger partial charge in [0.25, 0.3) is 0 Å². The molecule has 0 spiro atoms. The monoisotopic (exact) mass is 229 g/mol. The lowest BCUT2D eigenvalue weighted by molar-refractivity contribution is -0.639. The number of nitrogens with zero attached hydrogens (tertiary/aromatic N) is 1. The minimum Gasteiger partial charge on any atom is -0.149 e. The van der Waals surface area contributed by atoms with Crippen LogP contribution in [0.15, 0.2) is 54.9 Å². The molecule has 1 aromatic carbocycles. The van der Waals surface area contributed by atoms with Gasteiger partial charge in [-0.05, 0) is 6.92 Å². The predicted molar refractivity (Wildman–Crippen MR) is 68.9 cm³/mol. The molecule has 2 nitrogen and oxygen atoms in total. The predicted octanol–water partition coefficient (Wildman–Crippen LogP) is 2.20. The smallest absolute Gasteiger partial charge is 0.149 e. The fourth-order valence-corrected chi connectivity index (χ4v) is 1.60. The first-order valence-electron chi connectivity index (χ1n) is 5.10. The molecule has 0 radical (unpaired) electrons. The normalized spacial score (nSPS) is 9.81. The molecule has 0 bridgehead atoms. The Morgan fingerprint density at radius 2 is 1.69 bits per heavy atom. The maximum Gasteiger partial charge on any atom is 0.199 e. The van der Waals surface area contributed by atoms with Gasteiger partial charge in [0.15, 0.2) is 17.4 Å². The summed E-state index contributed by atoms with van der Waals surface area (Å²) in [4.78, 5) is 0.719. The van der Waals surface area contributed by atoms with Gasteiger partial charge in [-0.3, -0.25) is 0 Å². The highest BCUT2D eigenvalue weighted by molar-refractivity contribution is 7.81. The van der Waals surface area contributed by atoms with Crippen molar-refractivity contribution < 1.29 is 4.68 Å². The Balaban J connectivity index is 2.12. The van der Waals surface area contributed by atoms with Crippen LogP contribution in [0.5, 0.6) is 0 Å². The zero-order valence-corrected chi connectivity index (χ0v) is 9.87. The summed E-state index contributed by atoms with van der Waals surface area (Å²) in [5.74, 6) is 0. The number of pyridine rings is 1. The van der Waals surface area contributed by atoms with E-state index in [9.17, 15) is 0 Å². The molecule has 3 heteroatoms. The second-order valence-corrected chi connectivity index (χ2v) is 4.00. The molecule has 16 heavy (non-hydrogen) atoms. The van der Waals surface area contributed by atoms with Crippen LogP contribution in [0.1, 0.15) is 11.1 Å². The lowest BCUT2D eigenvalue weighted by Crippen LogP contribution is -2.47. The quantitative estimate of drug-likeness (QED) is 0.627. The van der Waals surface area contributed by atoms with Gasteiger partial charge in [0, 0.05) is 17.7 Å². The highest BCUT2D eigenvalue weighted by Gasteiger charge is 2.04. The lowest BCUT2D eigenvalue weighted by atomic mass is 10.1. The van der Waals surface area contributed by atoms with Crippen LogP contribution < -0.4 is 10.1 Å². The van der Waals surface area contributed by atoms with Crippen LogP contribution in [0.4, 0.5) is 0 Å². The summed E-state index contributed by atoms with van der Waals surface area (Å²) in [7, 11) is 0. The van der Waals surface area contributed by atoms with Gasteiger partial charge in [0.2, 0.25) is 0 Å². The Labute approximate surface area is 101 Å². The van der Waals surface area contributed by atoms with Gasteiger partial charge < -0.3 is 0 Å². The van der Waals surface area contributed by atoms with Gasteiger partial charge in [0.05, 0.1) is 0 Å². The van der Waals surface area contributed by atoms with E-state index < -0.39 is 0 Å². The average molecular weight is 229 g/mol. The van der Waals surface area contributed by atoms with Crippen LogP contribution in [0.3, 0.4) is 0 Å². The fourth-order valence-electron chi connectivity index (χ4n) is 1.36. The third-order valence-corrected chi connectivity index (χ3v) is 2.59. The first kappa shape index (κ1) is 10.8. The van der Waals surface area contributed by atoms with Gasteiger partial charge in [-0.1, -0.05) is 52.8 Å². The van der Waals surface area contributed by atoms with Crippen molar-refractivity contribution in [1.29, 1.82) is 0 Å². The van der Waals surface area contributed by atoms with E-state index in [-0.39, 0.29) is 0 Å². The molecule has 1 aromatic heterocycles. The first-order valence-corrected chi connectivity index (χ1v) is 5.51. The molecule has 0 unspecified atom stereocenters. The summed E-state index contributed by atoms with van der Waals surface area (Å²) in [5.41, 5.74) is 5.39. The molecule has 0 atom stereocenters. The lowest BCUT2D eigenvalue weighted by Gasteiger charge is -2.02. The highest BCUT2D eigenvalue weighted by Crippen LogP contribution is 2.03. The zero-order chi connectivity index (χ0) is 11.4. The van der Waals surface area contributed by atoms with E-state index in [1.165, 1.54) is 5.56 Å². The number of rotatable bonds is 2. The summed E-state index contributed by atoms with van der Waals surface area (Å²) in [6, 6.07) is 14.0. The van der Waals surface area contributed by atoms with Gasteiger partial charge in [-0.2, -0.15) is 0 Å². The van der Waals surface area contributed by atoms with Crippen molar-refractivity contribution in [3.05, 3.63) is 66.0 Å². The molecule has 0 aliphatic rings. The standard InChI is InChI=1S/C13H12N2S/c1-11-5-7-12(8-6-11)13(16)14-15-9-3-2-4-10-15/h2-10H,1H3/p+1. The fraction of sp³-hybridized carbons (Fsp3) is 0.0769. The summed E-state index contributed by atoms with van der Waals surface area (Å²) in [6.07, 6.45) is 3.83. The molecular formula is C13H13N2S+. The van der Waals surface area contributed by atoms with Crippen LogP contribution >= 0.6 is 12.2 Å². The van der Waals surface area contributed by atoms with Crippen molar-refractivity contribution in [2.75, 3.05) is 5.43 Å². The minimum atomic E-state index is 0.719. The second kappa shape index (κ2) is 4.86. The molecule has 1 heterocycles. The van der Waals surface area contributed by atoms with E-state index in [4.69, 9.17) is 12.2 Å². The Bertz CT molecular complexity index is 477. The number of aromatic nitrogens is 1. The molecule has 2 rings (SSSR count). The maximum atomic E-state index is 5.31. The van der Waals surface area contributed by atoms with Gasteiger partial charge in [-0.15, -0.1) is 5.43 Å². The van der Waals surface area contributed by atoms with Crippen molar-refractivity contribution in [1.82, 2.24) is 0 Å². The van der Waals surface area contributed by atoms with Crippen LogP contribution in [-0.4, -0.2) is 4.99 Å². The number of aryl methyl sites for hydroxylation is 1. The van der Waals surface area contributed by atoms with Gasteiger partial charge in [-0.25, -0.2) is 0 Å². The number of benzene rings is 1. The molecule has 0 aliphatic carbocycles. The molecule has 0 fully saturated rings. The molecule has 2 aromatic rings. The third-order valence-electron chi connectivity index (χ3n) is 2.26. The van der Waals surface area contributed by atoms with E-state index in [1.54, 1.807) is 0 Å². The number of hydrogen-bond donors (Lipinski definition) is 1. The second-order valence-electron chi connectivity index (χ2n) is 3.59. The van der Waals surface area contributed by atoms with Crippen molar-refractivity contribution in [3.63, 3.8) is 0 Å². The number of nitrogens with one attached hydrogen (secondary N) is 1. The summed E-state index contributed by atoms with van der Waals surface area (Å²) >= 11 is 5.31. The van der Waals surface area contributed by atoms with Crippen molar-refractivity contribution in [3.8, 4) is 0 Å². The minimum absolute atomic E-state index is 0.719. The van der Waals surface area contributed by atoms with E-state index in [0.29, 0.717) is 0 Å². The largest absolute Gasteiger partial charge is 0.199 e. The Morgan fingerprint density at radius 3 is 2.31 bits per heavy atom. The molecule has 0 aliphatic heterocycles. The van der Waals surface area contributed by atoms with Crippen LogP contribution in [0.2, 0.25) is 0 Å². The molecule has 1 N–H and O–H groups in total. The summed E-state index contributed by atoms with van der Waals surface area (Å²) in [6.45, 7) is 2.06. The Morgan fingerprint density at radius 1 is 1.06 bits per heavy atom. The Kier molecular flexibility index (Phi) is 3.27. The molecule has 0 amide bonds. The Hall–Kier alpha value is -1.74. The number of hydrogen-bond acceptors (Lipinski definition) is 1. The van der Waals surface area contributed by atoms with Crippen molar-refractivity contribution >= 4 is 17.2 Å². The van der Waals surface area contributed by atoms with Crippen LogP contribution in [0, 0.1) is 6.92 Å². The maximum absolute atomic E-state index is 5.31. The third kappa shape index (κ3) is 2.64. The topological polar surface area (TPSA) is 15.9 Å². The molecular weight excluding hydrogens is 216 g/mol. The average Bonchev–Trinajstić information content (AvgIpc) is 2.31.